The zero-order chi connectivity index (χ0) is 19.2. The maximum Gasteiger partial charge on any atom is 0.224 e. The van der Waals surface area contributed by atoms with Crippen LogP contribution in [0.1, 0.15) is 19.1 Å². The molecular formula is C20H24FN3O3. The highest BCUT2D eigenvalue weighted by Gasteiger charge is 2.22. The first-order chi connectivity index (χ1) is 13.0. The molecule has 7 heteroatoms. The van der Waals surface area contributed by atoms with E-state index in [1.165, 1.54) is 19.1 Å². The van der Waals surface area contributed by atoms with Crippen LogP contribution in [0.15, 0.2) is 47.1 Å². The third-order valence-corrected chi connectivity index (χ3v) is 4.79. The second kappa shape index (κ2) is 8.70. The summed E-state index contributed by atoms with van der Waals surface area (Å²) < 4.78 is 18.3. The summed E-state index contributed by atoms with van der Waals surface area (Å²) in [6.07, 6.45) is 1.86. The maximum atomic E-state index is 13.0. The molecule has 2 aromatic rings. The summed E-state index contributed by atoms with van der Waals surface area (Å²) in [5.74, 6) is 0.405. The number of amides is 2. The van der Waals surface area contributed by atoms with Crippen LogP contribution in [-0.4, -0.2) is 54.3 Å². The molecule has 0 bridgehead atoms. The van der Waals surface area contributed by atoms with Crippen LogP contribution in [-0.2, 0) is 16.1 Å². The molecule has 1 saturated heterocycles. The quantitative estimate of drug-likeness (QED) is 0.781. The van der Waals surface area contributed by atoms with E-state index in [1.807, 2.05) is 11.0 Å². The van der Waals surface area contributed by atoms with Crippen LogP contribution >= 0.6 is 0 Å². The van der Waals surface area contributed by atoms with E-state index in [-0.39, 0.29) is 24.1 Å². The maximum absolute atomic E-state index is 13.0. The monoisotopic (exact) mass is 373 g/mol. The molecule has 1 aromatic heterocycles. The van der Waals surface area contributed by atoms with Crippen molar-refractivity contribution in [2.24, 2.45) is 0 Å². The highest BCUT2D eigenvalue weighted by atomic mass is 19.1. The molecule has 1 aromatic carbocycles. The van der Waals surface area contributed by atoms with E-state index < -0.39 is 0 Å². The molecule has 1 aliphatic rings. The number of anilines is 1. The van der Waals surface area contributed by atoms with Gasteiger partial charge in [0.05, 0.1) is 12.8 Å². The van der Waals surface area contributed by atoms with Gasteiger partial charge in [0.2, 0.25) is 11.8 Å². The summed E-state index contributed by atoms with van der Waals surface area (Å²) >= 11 is 0. The molecule has 0 saturated carbocycles. The van der Waals surface area contributed by atoms with Gasteiger partial charge in [-0.2, -0.15) is 0 Å². The Bertz CT molecular complexity index is 753. The summed E-state index contributed by atoms with van der Waals surface area (Å²) in [6, 6.07) is 9.99. The highest BCUT2D eigenvalue weighted by molar-refractivity contribution is 5.78. The number of halogens is 1. The van der Waals surface area contributed by atoms with Crippen LogP contribution in [0.3, 0.4) is 0 Å². The van der Waals surface area contributed by atoms with Gasteiger partial charge in [-0.1, -0.05) is 0 Å². The van der Waals surface area contributed by atoms with Gasteiger partial charge in [0, 0.05) is 51.8 Å². The van der Waals surface area contributed by atoms with E-state index in [1.54, 1.807) is 29.4 Å². The molecular weight excluding hydrogens is 349 g/mol. The Labute approximate surface area is 158 Å². The average molecular weight is 373 g/mol. The molecule has 144 valence electrons. The van der Waals surface area contributed by atoms with Gasteiger partial charge in [0.15, 0.2) is 0 Å². The predicted octanol–water partition coefficient (Wildman–Crippen LogP) is 2.51. The van der Waals surface area contributed by atoms with Gasteiger partial charge >= 0.3 is 0 Å². The number of nitrogens with zero attached hydrogens (tertiary/aromatic N) is 3. The molecule has 3 rings (SSSR count). The summed E-state index contributed by atoms with van der Waals surface area (Å²) in [7, 11) is 0. The predicted molar refractivity (Wildman–Crippen MR) is 99.6 cm³/mol. The first-order valence-corrected chi connectivity index (χ1v) is 9.09. The lowest BCUT2D eigenvalue weighted by molar-refractivity contribution is -0.134. The number of rotatable bonds is 6. The number of hydrogen-bond donors (Lipinski definition) is 0. The Hall–Kier alpha value is -2.83. The van der Waals surface area contributed by atoms with Crippen LogP contribution in [0.2, 0.25) is 0 Å². The third-order valence-electron chi connectivity index (χ3n) is 4.79. The molecule has 1 fully saturated rings. The van der Waals surface area contributed by atoms with E-state index in [2.05, 4.69) is 4.90 Å². The van der Waals surface area contributed by atoms with E-state index in [0.29, 0.717) is 45.0 Å². The van der Waals surface area contributed by atoms with Crippen LogP contribution in [0.5, 0.6) is 0 Å². The van der Waals surface area contributed by atoms with E-state index in [0.717, 1.165) is 5.69 Å². The van der Waals surface area contributed by atoms with Crippen molar-refractivity contribution in [3.05, 3.63) is 54.2 Å². The molecule has 1 aliphatic heterocycles. The van der Waals surface area contributed by atoms with Gasteiger partial charge in [-0.05, 0) is 36.4 Å². The number of carbonyl (C=O) groups excluding carboxylic acids is 2. The Morgan fingerprint density at radius 3 is 2.41 bits per heavy atom. The molecule has 0 unspecified atom stereocenters. The van der Waals surface area contributed by atoms with Crippen molar-refractivity contribution in [2.75, 3.05) is 37.6 Å². The lowest BCUT2D eigenvalue weighted by Gasteiger charge is -2.36. The van der Waals surface area contributed by atoms with E-state index >= 15 is 0 Å². The van der Waals surface area contributed by atoms with E-state index in [4.69, 9.17) is 4.42 Å². The topological polar surface area (TPSA) is 57.0 Å². The van der Waals surface area contributed by atoms with Crippen molar-refractivity contribution in [1.29, 1.82) is 0 Å². The minimum atomic E-state index is -0.253. The second-order valence-corrected chi connectivity index (χ2v) is 6.61. The van der Waals surface area contributed by atoms with Crippen molar-refractivity contribution in [3.63, 3.8) is 0 Å². The van der Waals surface area contributed by atoms with Crippen LogP contribution < -0.4 is 4.90 Å². The van der Waals surface area contributed by atoms with Crippen molar-refractivity contribution < 1.29 is 18.4 Å². The second-order valence-electron chi connectivity index (χ2n) is 6.61. The number of piperazine rings is 1. The molecule has 0 aliphatic carbocycles. The number of furan rings is 1. The van der Waals surface area contributed by atoms with Crippen LogP contribution in [0.25, 0.3) is 0 Å². The van der Waals surface area contributed by atoms with E-state index in [9.17, 15) is 14.0 Å². The summed E-state index contributed by atoms with van der Waals surface area (Å²) in [5.41, 5.74) is 0.963. The van der Waals surface area contributed by atoms with Crippen molar-refractivity contribution in [2.45, 2.75) is 19.9 Å². The summed E-state index contributed by atoms with van der Waals surface area (Å²) in [5, 5.41) is 0. The van der Waals surface area contributed by atoms with Crippen molar-refractivity contribution in [1.82, 2.24) is 9.80 Å². The lowest BCUT2D eigenvalue weighted by Crippen LogP contribution is -2.49. The molecule has 0 spiro atoms. The Kier molecular flexibility index (Phi) is 6.11. The normalized spacial score (nSPS) is 14.3. The average Bonchev–Trinajstić information content (AvgIpc) is 3.18. The number of carbonyl (C=O) groups is 2. The van der Waals surface area contributed by atoms with Gasteiger partial charge in [0.1, 0.15) is 11.6 Å². The fourth-order valence-corrected chi connectivity index (χ4v) is 3.19. The first kappa shape index (κ1) is 18.9. The van der Waals surface area contributed by atoms with Gasteiger partial charge in [-0.3, -0.25) is 9.59 Å². The minimum absolute atomic E-state index is 0.0412. The van der Waals surface area contributed by atoms with Gasteiger partial charge in [-0.15, -0.1) is 0 Å². The standard InChI is InChI=1S/C20H24FN3O3/c1-16(25)24(15-19-3-2-14-27-19)9-8-20(26)23-12-10-22(11-13-23)18-6-4-17(21)5-7-18/h2-7,14H,8-13,15H2,1H3. The minimum Gasteiger partial charge on any atom is -0.467 e. The third kappa shape index (κ3) is 5.09. The number of hydrogen-bond acceptors (Lipinski definition) is 4. The van der Waals surface area contributed by atoms with Gasteiger partial charge in [0.25, 0.3) is 0 Å². The molecule has 27 heavy (non-hydrogen) atoms. The molecule has 0 radical (unpaired) electrons. The number of benzene rings is 1. The van der Waals surface area contributed by atoms with Crippen molar-refractivity contribution in [3.8, 4) is 0 Å². The van der Waals surface area contributed by atoms with Crippen molar-refractivity contribution >= 4 is 17.5 Å². The highest BCUT2D eigenvalue weighted by Crippen LogP contribution is 2.17. The molecule has 0 N–H and O–H groups in total. The summed E-state index contributed by atoms with van der Waals surface area (Å²) in [6.45, 7) is 4.89. The molecule has 2 amide bonds. The Morgan fingerprint density at radius 2 is 1.81 bits per heavy atom. The zero-order valence-electron chi connectivity index (χ0n) is 15.4. The molecule has 6 nitrogen and oxygen atoms in total. The molecule has 2 heterocycles. The molecule has 0 atom stereocenters. The lowest BCUT2D eigenvalue weighted by atomic mass is 10.2. The fraction of sp³-hybridized carbons (Fsp3) is 0.400. The van der Waals surface area contributed by atoms with Crippen LogP contribution in [0, 0.1) is 5.82 Å². The SMILES string of the molecule is CC(=O)N(CCC(=O)N1CCN(c2ccc(F)cc2)CC1)Cc1ccco1. The smallest absolute Gasteiger partial charge is 0.224 e. The Balaban J connectivity index is 1.47. The fourth-order valence-electron chi connectivity index (χ4n) is 3.19. The van der Waals surface area contributed by atoms with Crippen LogP contribution in [0.4, 0.5) is 10.1 Å². The van der Waals surface area contributed by atoms with Gasteiger partial charge in [-0.25, -0.2) is 4.39 Å². The summed E-state index contributed by atoms with van der Waals surface area (Å²) in [4.78, 5) is 29.9. The Morgan fingerprint density at radius 1 is 1.11 bits per heavy atom. The zero-order valence-corrected chi connectivity index (χ0v) is 15.4. The first-order valence-electron chi connectivity index (χ1n) is 9.09. The largest absolute Gasteiger partial charge is 0.467 e. The van der Waals surface area contributed by atoms with Gasteiger partial charge < -0.3 is 19.1 Å².